The first-order valence-electron chi connectivity index (χ1n) is 6.31. The number of hydrogen-bond donors (Lipinski definition) is 2. The zero-order chi connectivity index (χ0) is 11.8. The first-order chi connectivity index (χ1) is 7.64. The van der Waals surface area contributed by atoms with Crippen LogP contribution in [0, 0.1) is 11.3 Å². The fraction of sp³-hybridized carbons (Fsp3) is 0.833. The van der Waals surface area contributed by atoms with Gasteiger partial charge in [0.2, 0.25) is 0 Å². The Morgan fingerprint density at radius 1 is 1.56 bits per heavy atom. The molecule has 4 heteroatoms. The molecule has 90 valence electrons. The molecule has 0 aromatic carbocycles. The first-order valence-corrected chi connectivity index (χ1v) is 6.31. The fourth-order valence-corrected chi connectivity index (χ4v) is 3.10. The summed E-state index contributed by atoms with van der Waals surface area (Å²) in [6.07, 6.45) is 5.20. The van der Waals surface area contributed by atoms with Crippen LogP contribution in [0.3, 0.4) is 0 Å². The van der Waals surface area contributed by atoms with Crippen molar-refractivity contribution in [3.63, 3.8) is 0 Å². The van der Waals surface area contributed by atoms with E-state index < -0.39 is 0 Å². The molecule has 1 saturated carbocycles. The summed E-state index contributed by atoms with van der Waals surface area (Å²) in [5.74, 6) is 1.11. The Labute approximate surface area is 96.9 Å². The number of rotatable bonds is 3. The maximum atomic E-state index is 11.8. The van der Waals surface area contributed by atoms with Crippen LogP contribution in [0.5, 0.6) is 0 Å². The van der Waals surface area contributed by atoms with Gasteiger partial charge in [0.15, 0.2) is 0 Å². The number of hydrogen-bond acceptors (Lipinski definition) is 2. The monoisotopic (exact) mass is 223 g/mol. The average molecular weight is 223 g/mol. The minimum absolute atomic E-state index is 0.0661. The van der Waals surface area contributed by atoms with E-state index in [1.165, 1.54) is 0 Å². The van der Waals surface area contributed by atoms with Crippen molar-refractivity contribution in [2.24, 2.45) is 5.92 Å². The van der Waals surface area contributed by atoms with Crippen molar-refractivity contribution in [3.05, 3.63) is 0 Å². The molecule has 2 atom stereocenters. The molecule has 4 nitrogen and oxygen atoms in total. The molecular weight excluding hydrogens is 202 g/mol. The Morgan fingerprint density at radius 2 is 2.31 bits per heavy atom. The minimum atomic E-state index is -0.284. The number of nitrogens with zero attached hydrogens (tertiary/aromatic N) is 1. The van der Waals surface area contributed by atoms with Crippen molar-refractivity contribution >= 4 is 11.9 Å². The molecular formula is C12H21N3O. The number of nitrogens with one attached hydrogen (secondary N) is 2. The predicted octanol–water partition coefficient (Wildman–Crippen LogP) is 2.35. The zero-order valence-electron chi connectivity index (χ0n) is 10.2. The summed E-state index contributed by atoms with van der Waals surface area (Å²) in [6, 6.07) is -0.0661. The van der Waals surface area contributed by atoms with Gasteiger partial charge in [-0.2, -0.15) is 0 Å². The lowest BCUT2D eigenvalue weighted by molar-refractivity contribution is 0.172. The highest BCUT2D eigenvalue weighted by molar-refractivity contribution is 6.08. The summed E-state index contributed by atoms with van der Waals surface area (Å²) in [5.41, 5.74) is -0.284. The van der Waals surface area contributed by atoms with Crippen LogP contribution in [-0.4, -0.2) is 28.9 Å². The van der Waals surface area contributed by atoms with E-state index >= 15 is 0 Å². The van der Waals surface area contributed by atoms with Crippen molar-refractivity contribution in [2.45, 2.75) is 51.5 Å². The summed E-state index contributed by atoms with van der Waals surface area (Å²) < 4.78 is 0. The van der Waals surface area contributed by atoms with Crippen LogP contribution in [0.25, 0.3) is 0 Å². The quantitative estimate of drug-likeness (QED) is 0.758. The molecule has 2 aliphatic rings. The van der Waals surface area contributed by atoms with Gasteiger partial charge < -0.3 is 4.90 Å². The van der Waals surface area contributed by atoms with Crippen molar-refractivity contribution in [3.8, 4) is 0 Å². The third-order valence-corrected chi connectivity index (χ3v) is 4.08. The van der Waals surface area contributed by atoms with Gasteiger partial charge in [0, 0.05) is 6.54 Å². The molecule has 2 fully saturated rings. The second-order valence-corrected chi connectivity index (χ2v) is 5.01. The molecule has 1 heterocycles. The molecule has 2 unspecified atom stereocenters. The second-order valence-electron chi connectivity index (χ2n) is 5.01. The largest absolute Gasteiger partial charge is 0.323 e. The van der Waals surface area contributed by atoms with E-state index in [0.29, 0.717) is 11.8 Å². The van der Waals surface area contributed by atoms with E-state index in [-0.39, 0.29) is 11.6 Å². The van der Waals surface area contributed by atoms with E-state index in [9.17, 15) is 4.79 Å². The number of carbonyl (C=O) groups is 1. The van der Waals surface area contributed by atoms with Crippen LogP contribution in [-0.2, 0) is 0 Å². The van der Waals surface area contributed by atoms with Gasteiger partial charge >= 0.3 is 6.03 Å². The minimum Gasteiger partial charge on any atom is -0.312 e. The number of amides is 2. The summed E-state index contributed by atoms with van der Waals surface area (Å²) in [7, 11) is 0. The molecule has 16 heavy (non-hydrogen) atoms. The SMILES string of the molecule is CCCN1C(=O)NC(=N)C12CCC(CC)C2. The molecule has 2 N–H and O–H groups in total. The Kier molecular flexibility index (Phi) is 2.91. The van der Waals surface area contributed by atoms with Gasteiger partial charge in [0.25, 0.3) is 0 Å². The Balaban J connectivity index is 2.23. The van der Waals surface area contributed by atoms with Gasteiger partial charge in [0.1, 0.15) is 11.4 Å². The van der Waals surface area contributed by atoms with Gasteiger partial charge in [-0.25, -0.2) is 4.79 Å². The lowest BCUT2D eigenvalue weighted by Crippen LogP contribution is -2.47. The summed E-state index contributed by atoms with van der Waals surface area (Å²) in [4.78, 5) is 13.7. The van der Waals surface area contributed by atoms with Gasteiger partial charge in [-0.3, -0.25) is 10.7 Å². The van der Waals surface area contributed by atoms with Gasteiger partial charge in [-0.05, 0) is 31.6 Å². The number of urea groups is 1. The molecule has 1 saturated heterocycles. The molecule has 1 aliphatic carbocycles. The Hall–Kier alpha value is -1.06. The van der Waals surface area contributed by atoms with Gasteiger partial charge in [-0.15, -0.1) is 0 Å². The van der Waals surface area contributed by atoms with Gasteiger partial charge in [0.05, 0.1) is 0 Å². The Bertz CT molecular complexity index is 315. The van der Waals surface area contributed by atoms with Crippen LogP contribution in [0.1, 0.15) is 46.0 Å². The molecule has 0 aromatic rings. The number of amidine groups is 1. The smallest absolute Gasteiger partial charge is 0.312 e. The fourth-order valence-electron chi connectivity index (χ4n) is 3.10. The van der Waals surface area contributed by atoms with E-state index in [1.54, 1.807) is 0 Å². The molecule has 0 aromatic heterocycles. The standard InChI is InChI=1S/C12H21N3O/c1-3-7-15-11(16)14-10(13)12(15)6-5-9(4-2)8-12/h9H,3-8H2,1-2H3,(H2,13,14,16). The third-order valence-electron chi connectivity index (χ3n) is 4.08. The molecule has 0 radical (unpaired) electrons. The highest BCUT2D eigenvalue weighted by atomic mass is 16.2. The maximum Gasteiger partial charge on any atom is 0.323 e. The van der Waals surface area contributed by atoms with E-state index in [0.717, 1.165) is 38.6 Å². The highest BCUT2D eigenvalue weighted by Crippen LogP contribution is 2.43. The third kappa shape index (κ3) is 1.51. The van der Waals surface area contributed by atoms with Crippen LogP contribution in [0.2, 0.25) is 0 Å². The van der Waals surface area contributed by atoms with Crippen LogP contribution in [0.4, 0.5) is 4.79 Å². The maximum absolute atomic E-state index is 11.8. The molecule has 2 rings (SSSR count). The van der Waals surface area contributed by atoms with E-state index in [1.807, 2.05) is 4.90 Å². The Morgan fingerprint density at radius 3 is 2.88 bits per heavy atom. The van der Waals surface area contributed by atoms with Crippen molar-refractivity contribution in [2.75, 3.05) is 6.54 Å². The first kappa shape index (κ1) is 11.4. The van der Waals surface area contributed by atoms with Gasteiger partial charge in [-0.1, -0.05) is 20.3 Å². The lowest BCUT2D eigenvalue weighted by Gasteiger charge is -2.33. The summed E-state index contributed by atoms with van der Waals surface area (Å²) in [5, 5.41) is 10.7. The van der Waals surface area contributed by atoms with E-state index in [2.05, 4.69) is 19.2 Å². The van der Waals surface area contributed by atoms with E-state index in [4.69, 9.17) is 5.41 Å². The molecule has 2 amide bonds. The zero-order valence-corrected chi connectivity index (χ0v) is 10.2. The highest BCUT2D eigenvalue weighted by Gasteiger charge is 2.53. The van der Waals surface area contributed by atoms with Crippen molar-refractivity contribution in [1.82, 2.24) is 10.2 Å². The topological polar surface area (TPSA) is 56.2 Å². The predicted molar refractivity (Wildman–Crippen MR) is 63.6 cm³/mol. The lowest BCUT2D eigenvalue weighted by atomic mass is 9.93. The normalized spacial score (nSPS) is 33.9. The van der Waals surface area contributed by atoms with Crippen LogP contribution >= 0.6 is 0 Å². The number of carbonyl (C=O) groups excluding carboxylic acids is 1. The van der Waals surface area contributed by atoms with Crippen LogP contribution < -0.4 is 5.32 Å². The molecule has 1 spiro atoms. The van der Waals surface area contributed by atoms with Crippen LogP contribution in [0.15, 0.2) is 0 Å². The summed E-state index contributed by atoms with van der Waals surface area (Å²) >= 11 is 0. The molecule has 1 aliphatic heterocycles. The second kappa shape index (κ2) is 4.07. The van der Waals surface area contributed by atoms with Crippen molar-refractivity contribution < 1.29 is 4.79 Å². The van der Waals surface area contributed by atoms with Crippen molar-refractivity contribution in [1.29, 1.82) is 5.41 Å². The average Bonchev–Trinajstić information content (AvgIpc) is 2.78. The summed E-state index contributed by atoms with van der Waals surface area (Å²) in [6.45, 7) is 5.04. The molecule has 0 bridgehead atoms.